The lowest BCUT2D eigenvalue weighted by Crippen LogP contribution is -2.27. The molecule has 0 unspecified atom stereocenters. The van der Waals surface area contributed by atoms with Crippen molar-refractivity contribution in [1.29, 1.82) is 0 Å². The van der Waals surface area contributed by atoms with E-state index in [9.17, 15) is 9.59 Å². The van der Waals surface area contributed by atoms with Gasteiger partial charge < -0.3 is 4.74 Å². The van der Waals surface area contributed by atoms with Gasteiger partial charge in [-0.15, -0.1) is 0 Å². The summed E-state index contributed by atoms with van der Waals surface area (Å²) in [5, 5.41) is 8.64. The van der Waals surface area contributed by atoms with Crippen LogP contribution in [0.25, 0.3) is 21.0 Å². The molecule has 0 saturated carbocycles. The third kappa shape index (κ3) is 3.71. The fraction of sp³-hybridized carbons (Fsp3) is 0.238. The predicted molar refractivity (Wildman–Crippen MR) is 115 cm³/mol. The summed E-state index contributed by atoms with van der Waals surface area (Å²) in [7, 11) is 0. The van der Waals surface area contributed by atoms with Gasteiger partial charge in [0.2, 0.25) is 0 Å². The highest BCUT2D eigenvalue weighted by Gasteiger charge is 2.18. The molecule has 2 heterocycles. The van der Waals surface area contributed by atoms with Crippen LogP contribution in [0.3, 0.4) is 0 Å². The minimum atomic E-state index is -0.393. The number of carbonyl (C=O) groups is 1. The molecule has 1 amide bonds. The van der Waals surface area contributed by atoms with Crippen LogP contribution in [-0.2, 0) is 6.54 Å². The molecule has 29 heavy (non-hydrogen) atoms. The minimum absolute atomic E-state index is 0.192. The van der Waals surface area contributed by atoms with E-state index in [1.807, 2.05) is 32.0 Å². The average molecular weight is 408 g/mol. The number of nitrogens with zero attached hydrogens (tertiary/aromatic N) is 3. The number of nitrogens with one attached hydrogen (secondary N) is 1. The van der Waals surface area contributed by atoms with Gasteiger partial charge in [-0.1, -0.05) is 36.5 Å². The van der Waals surface area contributed by atoms with Crippen LogP contribution >= 0.6 is 11.3 Å². The molecule has 0 radical (unpaired) electrons. The van der Waals surface area contributed by atoms with E-state index in [1.54, 1.807) is 24.3 Å². The first-order chi connectivity index (χ1) is 14.1. The van der Waals surface area contributed by atoms with E-state index < -0.39 is 5.91 Å². The van der Waals surface area contributed by atoms with Gasteiger partial charge in [-0.3, -0.25) is 14.9 Å². The number of aromatic nitrogens is 3. The first-order valence-corrected chi connectivity index (χ1v) is 10.3. The molecule has 0 aliphatic carbocycles. The maximum atomic E-state index is 13.0. The van der Waals surface area contributed by atoms with Crippen LogP contribution in [0.2, 0.25) is 0 Å². The Hall–Kier alpha value is -3.26. The van der Waals surface area contributed by atoms with E-state index in [-0.39, 0.29) is 11.3 Å². The van der Waals surface area contributed by atoms with Crippen LogP contribution in [0.1, 0.15) is 30.8 Å². The Morgan fingerprint density at radius 3 is 2.72 bits per heavy atom. The largest absolute Gasteiger partial charge is 0.494 e. The standard InChI is InChI=1S/C21H20N4O3S/c1-3-11-25-20(27)15-8-6-5-7-14(15)18(24-25)19(26)23-21-22-16-10-9-13(28-4-2)12-17(16)29-21/h5-10,12H,3-4,11H2,1-2H3,(H,22,23,26). The maximum Gasteiger partial charge on any atom is 0.278 e. The number of carbonyl (C=O) groups excluding carboxylic acids is 1. The highest BCUT2D eigenvalue weighted by molar-refractivity contribution is 7.22. The normalized spacial score (nSPS) is 11.1. The van der Waals surface area contributed by atoms with Gasteiger partial charge in [-0.25, -0.2) is 9.67 Å². The quantitative estimate of drug-likeness (QED) is 0.520. The van der Waals surface area contributed by atoms with Crippen molar-refractivity contribution in [2.24, 2.45) is 0 Å². The van der Waals surface area contributed by atoms with Gasteiger partial charge in [-0.05, 0) is 37.6 Å². The molecule has 8 heteroatoms. The van der Waals surface area contributed by atoms with Crippen LogP contribution in [-0.4, -0.2) is 27.3 Å². The number of amides is 1. The summed E-state index contributed by atoms with van der Waals surface area (Å²) in [6.45, 7) is 4.92. The number of hydrogen-bond acceptors (Lipinski definition) is 6. The lowest BCUT2D eigenvalue weighted by atomic mass is 10.1. The number of hydrogen-bond donors (Lipinski definition) is 1. The average Bonchev–Trinajstić information content (AvgIpc) is 3.12. The lowest BCUT2D eigenvalue weighted by Gasteiger charge is -2.09. The topological polar surface area (TPSA) is 86.1 Å². The highest BCUT2D eigenvalue weighted by atomic mass is 32.1. The van der Waals surface area contributed by atoms with E-state index in [0.29, 0.717) is 29.1 Å². The third-order valence-corrected chi connectivity index (χ3v) is 5.34. The summed E-state index contributed by atoms with van der Waals surface area (Å²) in [4.78, 5) is 30.1. The zero-order valence-corrected chi connectivity index (χ0v) is 17.0. The molecule has 0 atom stereocenters. The van der Waals surface area contributed by atoms with E-state index >= 15 is 0 Å². The molecule has 0 spiro atoms. The second-order valence-electron chi connectivity index (χ2n) is 6.46. The van der Waals surface area contributed by atoms with Crippen molar-refractivity contribution >= 4 is 43.4 Å². The molecule has 2 aromatic carbocycles. The fourth-order valence-corrected chi connectivity index (χ4v) is 4.03. The molecule has 2 aromatic heterocycles. The van der Waals surface area contributed by atoms with Crippen molar-refractivity contribution in [2.75, 3.05) is 11.9 Å². The molecule has 4 rings (SSSR count). The van der Waals surface area contributed by atoms with Crippen molar-refractivity contribution in [3.63, 3.8) is 0 Å². The molecule has 148 valence electrons. The molecule has 1 N–H and O–H groups in total. The van der Waals surface area contributed by atoms with E-state index in [2.05, 4.69) is 15.4 Å². The second-order valence-corrected chi connectivity index (χ2v) is 7.49. The van der Waals surface area contributed by atoms with Gasteiger partial charge in [0.25, 0.3) is 11.5 Å². The van der Waals surface area contributed by atoms with Gasteiger partial charge in [-0.2, -0.15) is 5.10 Å². The number of ether oxygens (including phenoxy) is 1. The van der Waals surface area contributed by atoms with Gasteiger partial charge in [0.1, 0.15) is 5.75 Å². The van der Waals surface area contributed by atoms with Crippen molar-refractivity contribution in [2.45, 2.75) is 26.8 Å². The van der Waals surface area contributed by atoms with Gasteiger partial charge in [0, 0.05) is 11.9 Å². The number of rotatable bonds is 6. The van der Waals surface area contributed by atoms with Crippen LogP contribution < -0.4 is 15.6 Å². The number of aryl methyl sites for hydroxylation is 1. The first-order valence-electron chi connectivity index (χ1n) is 9.45. The van der Waals surface area contributed by atoms with Crippen LogP contribution in [0.4, 0.5) is 5.13 Å². The fourth-order valence-electron chi connectivity index (χ4n) is 3.14. The third-order valence-electron chi connectivity index (χ3n) is 4.41. The van der Waals surface area contributed by atoms with Gasteiger partial charge in [0.05, 0.1) is 22.2 Å². The number of thiazole rings is 1. The Kier molecular flexibility index (Phi) is 5.26. The summed E-state index contributed by atoms with van der Waals surface area (Å²) >= 11 is 1.36. The second kappa shape index (κ2) is 8.00. The SMILES string of the molecule is CCCn1nc(C(=O)Nc2nc3ccc(OCC)cc3s2)c2ccccc2c1=O. The molecule has 0 saturated heterocycles. The van der Waals surface area contributed by atoms with Crippen LogP contribution in [0.5, 0.6) is 5.75 Å². The molecule has 7 nitrogen and oxygen atoms in total. The molecule has 4 aromatic rings. The predicted octanol–water partition coefficient (Wildman–Crippen LogP) is 4.07. The molecule has 0 aliphatic rings. The van der Waals surface area contributed by atoms with Crippen LogP contribution in [0.15, 0.2) is 47.3 Å². The summed E-state index contributed by atoms with van der Waals surface area (Å²) < 4.78 is 7.79. The zero-order valence-electron chi connectivity index (χ0n) is 16.1. The summed E-state index contributed by atoms with van der Waals surface area (Å²) in [6.07, 6.45) is 0.742. The Balaban J connectivity index is 1.71. The molecular weight excluding hydrogens is 388 g/mol. The number of anilines is 1. The van der Waals surface area contributed by atoms with Crippen molar-refractivity contribution in [3.05, 3.63) is 58.5 Å². The summed E-state index contributed by atoms with van der Waals surface area (Å²) in [6, 6.07) is 12.6. The van der Waals surface area contributed by atoms with Crippen molar-refractivity contribution in [1.82, 2.24) is 14.8 Å². The monoisotopic (exact) mass is 408 g/mol. The lowest BCUT2D eigenvalue weighted by molar-refractivity contribution is 0.102. The first kappa shape index (κ1) is 19.1. The smallest absolute Gasteiger partial charge is 0.278 e. The van der Waals surface area contributed by atoms with Gasteiger partial charge >= 0.3 is 0 Å². The Labute approximate surface area is 171 Å². The van der Waals surface area contributed by atoms with Crippen molar-refractivity contribution in [3.8, 4) is 5.75 Å². The van der Waals surface area contributed by atoms with E-state index in [4.69, 9.17) is 4.74 Å². The maximum absolute atomic E-state index is 13.0. The minimum Gasteiger partial charge on any atom is -0.494 e. The Morgan fingerprint density at radius 1 is 1.17 bits per heavy atom. The molecular formula is C21H20N4O3S. The van der Waals surface area contributed by atoms with E-state index in [1.165, 1.54) is 16.0 Å². The Bertz CT molecular complexity index is 1260. The zero-order chi connectivity index (χ0) is 20.4. The molecule has 0 fully saturated rings. The number of benzene rings is 2. The van der Waals surface area contributed by atoms with Gasteiger partial charge in [0.15, 0.2) is 10.8 Å². The van der Waals surface area contributed by atoms with Crippen LogP contribution in [0, 0.1) is 0 Å². The summed E-state index contributed by atoms with van der Waals surface area (Å²) in [5.41, 5.74) is 0.799. The highest BCUT2D eigenvalue weighted by Crippen LogP contribution is 2.29. The van der Waals surface area contributed by atoms with Crippen molar-refractivity contribution < 1.29 is 9.53 Å². The van der Waals surface area contributed by atoms with E-state index in [0.717, 1.165) is 22.4 Å². The Morgan fingerprint density at radius 2 is 1.97 bits per heavy atom. The molecule has 0 aliphatic heterocycles. The summed E-state index contributed by atoms with van der Waals surface area (Å²) in [5.74, 6) is 0.371. The number of fused-ring (bicyclic) bond motifs is 2. The molecule has 0 bridgehead atoms.